The third-order valence-corrected chi connectivity index (χ3v) is 7.33. The Morgan fingerprint density at radius 3 is 2.57 bits per heavy atom. The number of fused-ring (bicyclic) bond motifs is 1. The van der Waals surface area contributed by atoms with Gasteiger partial charge in [-0.05, 0) is 44.0 Å². The molecular weight excluding hydrogens is 563 g/mol. The lowest BCUT2D eigenvalue weighted by Crippen LogP contribution is -2.60. The third kappa shape index (κ3) is 4.92. The van der Waals surface area contributed by atoms with Gasteiger partial charge in [0, 0.05) is 41.3 Å². The highest BCUT2D eigenvalue weighted by molar-refractivity contribution is 6.24. The maximum atomic E-state index is 14.5. The molecule has 0 unspecified atom stereocenters. The van der Waals surface area contributed by atoms with Gasteiger partial charge in [0.15, 0.2) is 11.6 Å². The molecule has 2 aromatic carbocycles. The largest absolute Gasteiger partial charge is 0.509 e. The second-order valence-corrected chi connectivity index (χ2v) is 9.92. The Morgan fingerprint density at radius 1 is 1.19 bits per heavy atom. The normalized spacial score (nSPS) is 19.1. The predicted molar refractivity (Wildman–Crippen MR) is 137 cm³/mol. The number of aliphatic hydroxyl groups excluding tert-OH is 1. The second kappa shape index (κ2) is 10.5. The standard InChI is InChI=1S/C28H21F5N6O3/c1-27-8-3-9-39(27)38(14-15-4-2-5-19(29)23(15)30)26(42)22(24(27)40)25(41)37-20-7-6-17(28(31,32)33)10-18(20)16-12-35-21(11-34)36-13-16/h2,4-7,10,12-13,40H,3,8-9,14H2,1H3,(H,37,41)/t27-/m1/s1. The van der Waals surface area contributed by atoms with Crippen LogP contribution in [0.4, 0.5) is 27.6 Å². The monoisotopic (exact) mass is 584 g/mol. The number of nitriles is 1. The van der Waals surface area contributed by atoms with Crippen LogP contribution in [0.25, 0.3) is 11.1 Å². The zero-order valence-electron chi connectivity index (χ0n) is 21.8. The van der Waals surface area contributed by atoms with Crippen molar-refractivity contribution in [3.8, 4) is 17.2 Å². The number of rotatable bonds is 5. The Bertz CT molecular complexity index is 1670. The number of aliphatic hydroxyl groups is 1. The van der Waals surface area contributed by atoms with Crippen molar-refractivity contribution in [3.05, 3.63) is 88.7 Å². The Labute approximate surface area is 235 Å². The van der Waals surface area contributed by atoms with E-state index in [9.17, 15) is 36.6 Å². The van der Waals surface area contributed by atoms with E-state index in [1.165, 1.54) is 17.1 Å². The van der Waals surface area contributed by atoms with Crippen LogP contribution >= 0.6 is 0 Å². The molecule has 9 nitrogen and oxygen atoms in total. The van der Waals surface area contributed by atoms with Crippen LogP contribution in [0.2, 0.25) is 0 Å². The van der Waals surface area contributed by atoms with Gasteiger partial charge < -0.3 is 10.4 Å². The van der Waals surface area contributed by atoms with E-state index in [-0.39, 0.29) is 34.7 Å². The van der Waals surface area contributed by atoms with Gasteiger partial charge in [0.2, 0.25) is 5.82 Å². The van der Waals surface area contributed by atoms with Gasteiger partial charge >= 0.3 is 6.18 Å². The fourth-order valence-electron chi connectivity index (χ4n) is 5.16. The number of hydrogen-bond donors (Lipinski definition) is 2. The average Bonchev–Trinajstić information content (AvgIpc) is 3.36. The van der Waals surface area contributed by atoms with Crippen LogP contribution < -0.4 is 5.32 Å². The maximum absolute atomic E-state index is 14.5. The number of benzene rings is 2. The van der Waals surface area contributed by atoms with Crippen molar-refractivity contribution in [3.63, 3.8) is 0 Å². The molecule has 2 aliphatic heterocycles. The highest BCUT2D eigenvalue weighted by Crippen LogP contribution is 2.42. The molecule has 1 atom stereocenters. The molecule has 0 radical (unpaired) electrons. The summed E-state index contributed by atoms with van der Waals surface area (Å²) < 4.78 is 69.0. The minimum Gasteiger partial charge on any atom is -0.509 e. The number of anilines is 1. The topological polar surface area (TPSA) is 122 Å². The lowest BCUT2D eigenvalue weighted by molar-refractivity contribution is -0.160. The molecule has 14 heteroatoms. The minimum atomic E-state index is -4.74. The van der Waals surface area contributed by atoms with Crippen molar-refractivity contribution in [2.45, 2.75) is 38.0 Å². The first-order valence-corrected chi connectivity index (χ1v) is 12.6. The lowest BCUT2D eigenvalue weighted by atomic mass is 9.90. The van der Waals surface area contributed by atoms with Gasteiger partial charge in [-0.1, -0.05) is 12.1 Å². The van der Waals surface area contributed by atoms with Crippen LogP contribution in [0.1, 0.15) is 36.7 Å². The van der Waals surface area contributed by atoms with Gasteiger partial charge in [0.05, 0.1) is 17.6 Å². The summed E-state index contributed by atoms with van der Waals surface area (Å²) in [6, 6.07) is 7.61. The number of halogens is 5. The molecule has 216 valence electrons. The first-order chi connectivity index (χ1) is 19.8. The first-order valence-electron chi connectivity index (χ1n) is 12.6. The van der Waals surface area contributed by atoms with Gasteiger partial charge in [-0.3, -0.25) is 14.6 Å². The summed E-state index contributed by atoms with van der Waals surface area (Å²) >= 11 is 0. The summed E-state index contributed by atoms with van der Waals surface area (Å²) in [6.07, 6.45) is -1.71. The van der Waals surface area contributed by atoms with Crippen molar-refractivity contribution in [2.75, 3.05) is 11.9 Å². The molecule has 42 heavy (non-hydrogen) atoms. The summed E-state index contributed by atoms with van der Waals surface area (Å²) in [6.45, 7) is 1.41. The van der Waals surface area contributed by atoms with Crippen LogP contribution in [0.15, 0.2) is 60.1 Å². The van der Waals surface area contributed by atoms with Gasteiger partial charge in [-0.25, -0.2) is 23.8 Å². The quantitative estimate of drug-likeness (QED) is 0.324. The molecule has 0 saturated carbocycles. The molecule has 2 amide bonds. The average molecular weight is 585 g/mol. The second-order valence-electron chi connectivity index (χ2n) is 9.92. The maximum Gasteiger partial charge on any atom is 0.416 e. The van der Waals surface area contributed by atoms with Gasteiger partial charge in [-0.2, -0.15) is 18.4 Å². The number of amides is 2. The summed E-state index contributed by atoms with van der Waals surface area (Å²) in [5.74, 6) is -5.24. The summed E-state index contributed by atoms with van der Waals surface area (Å²) in [7, 11) is 0. The Morgan fingerprint density at radius 2 is 1.90 bits per heavy atom. The number of hydrazine groups is 1. The van der Waals surface area contributed by atoms with Crippen molar-refractivity contribution in [2.24, 2.45) is 0 Å². The minimum absolute atomic E-state index is 0.0284. The summed E-state index contributed by atoms with van der Waals surface area (Å²) in [5.41, 5.74) is -3.46. The molecule has 1 saturated heterocycles. The number of hydrogen-bond acceptors (Lipinski definition) is 7. The van der Waals surface area contributed by atoms with Gasteiger partial charge in [0.25, 0.3) is 11.8 Å². The number of carbonyl (C=O) groups excluding carboxylic acids is 2. The van der Waals surface area contributed by atoms with E-state index in [2.05, 4.69) is 15.3 Å². The fourth-order valence-corrected chi connectivity index (χ4v) is 5.16. The van der Waals surface area contributed by atoms with Crippen molar-refractivity contribution in [1.29, 1.82) is 5.26 Å². The molecule has 3 aromatic rings. The molecule has 1 fully saturated rings. The summed E-state index contributed by atoms with van der Waals surface area (Å²) in [4.78, 5) is 34.8. The summed E-state index contributed by atoms with van der Waals surface area (Å²) in [5, 5.41) is 25.1. The number of alkyl halides is 3. The zero-order chi connectivity index (χ0) is 30.4. The van der Waals surface area contributed by atoms with Crippen LogP contribution in [-0.2, 0) is 22.3 Å². The van der Waals surface area contributed by atoms with Crippen LogP contribution in [0, 0.1) is 23.0 Å². The molecule has 1 aromatic heterocycles. The number of aromatic nitrogens is 2. The van der Waals surface area contributed by atoms with E-state index < -0.39 is 58.6 Å². The Balaban J connectivity index is 1.55. The smallest absolute Gasteiger partial charge is 0.416 e. The predicted octanol–water partition coefficient (Wildman–Crippen LogP) is 4.87. The molecule has 0 bridgehead atoms. The molecule has 0 aliphatic carbocycles. The SMILES string of the molecule is C[C@]12CCCN1N(Cc1cccc(F)c1F)C(=O)C(C(=O)Nc1ccc(C(F)(F)F)cc1-c1cnc(C#N)nc1)=C2O. The first kappa shape index (κ1) is 28.6. The highest BCUT2D eigenvalue weighted by Gasteiger charge is 2.52. The fraction of sp³-hybridized carbons (Fsp3) is 0.250. The van der Waals surface area contributed by atoms with Crippen LogP contribution in [0.5, 0.6) is 0 Å². The van der Waals surface area contributed by atoms with E-state index >= 15 is 0 Å². The van der Waals surface area contributed by atoms with E-state index in [1.807, 2.05) is 0 Å². The van der Waals surface area contributed by atoms with E-state index in [0.717, 1.165) is 41.7 Å². The molecule has 0 spiro atoms. The van der Waals surface area contributed by atoms with Crippen LogP contribution in [0.3, 0.4) is 0 Å². The molecular formula is C28H21F5N6O3. The van der Waals surface area contributed by atoms with Crippen molar-refractivity contribution in [1.82, 2.24) is 20.0 Å². The zero-order valence-corrected chi connectivity index (χ0v) is 21.8. The third-order valence-electron chi connectivity index (χ3n) is 7.33. The van der Waals surface area contributed by atoms with E-state index in [4.69, 9.17) is 5.26 Å². The number of nitrogens with one attached hydrogen (secondary N) is 1. The van der Waals surface area contributed by atoms with E-state index in [0.29, 0.717) is 12.8 Å². The van der Waals surface area contributed by atoms with Crippen molar-refractivity contribution < 1.29 is 36.6 Å². The van der Waals surface area contributed by atoms with Gasteiger partial charge in [0.1, 0.15) is 17.4 Å². The van der Waals surface area contributed by atoms with Crippen LogP contribution in [-0.4, -0.2) is 49.0 Å². The highest BCUT2D eigenvalue weighted by atomic mass is 19.4. The molecule has 5 rings (SSSR count). The molecule has 3 heterocycles. The molecule has 2 aliphatic rings. The Hall–Kier alpha value is -4.90. The van der Waals surface area contributed by atoms with Crippen molar-refractivity contribution >= 4 is 17.5 Å². The molecule has 2 N–H and O–H groups in total. The van der Waals surface area contributed by atoms with Gasteiger partial charge in [-0.15, -0.1) is 0 Å². The lowest BCUT2D eigenvalue weighted by Gasteiger charge is -2.46. The Kier molecular flexibility index (Phi) is 7.15. The van der Waals surface area contributed by atoms with E-state index in [1.54, 1.807) is 13.0 Å². The number of carbonyl (C=O) groups is 2. The number of nitrogens with zero attached hydrogens (tertiary/aromatic N) is 5.